The Hall–Kier alpha value is -6.70. The number of hydrogen-bond donors (Lipinski definition) is 1. The average Bonchev–Trinajstić information content (AvgIpc) is 3.23. The van der Waals surface area contributed by atoms with E-state index in [9.17, 15) is 5.11 Å². The number of allylic oxidation sites excluding steroid dienone is 1. The van der Waals surface area contributed by atoms with Crippen LogP contribution in [0.5, 0.6) is 5.75 Å². The van der Waals surface area contributed by atoms with Crippen molar-refractivity contribution in [1.82, 2.24) is 0 Å². The van der Waals surface area contributed by atoms with Gasteiger partial charge in [0.2, 0.25) is 0 Å². The normalized spacial score (nSPS) is 12.4. The van der Waals surface area contributed by atoms with E-state index in [1.165, 1.54) is 71.3 Å². The zero-order valence-corrected chi connectivity index (χ0v) is 29.3. The molecule has 0 saturated carbocycles. The Morgan fingerprint density at radius 3 is 1.60 bits per heavy atom. The smallest absolute Gasteiger partial charge is 0.116 e. The van der Waals surface area contributed by atoms with Crippen LogP contribution in [-0.2, 0) is 6.42 Å². The van der Waals surface area contributed by atoms with Crippen molar-refractivity contribution in [2.75, 3.05) is 0 Å². The quantitative estimate of drug-likeness (QED) is 0.180. The molecular weight excluding hydrogens is 641 g/mol. The van der Waals surface area contributed by atoms with Crippen molar-refractivity contribution in [1.29, 1.82) is 0 Å². The molecule has 9 aromatic rings. The largest absolute Gasteiger partial charge is 0.508 e. The van der Waals surface area contributed by atoms with Crippen molar-refractivity contribution in [3.8, 4) is 61.4 Å². The van der Waals surface area contributed by atoms with E-state index in [1.807, 2.05) is 12.1 Å². The van der Waals surface area contributed by atoms with Crippen LogP contribution in [0.2, 0.25) is 0 Å². The lowest BCUT2D eigenvalue weighted by atomic mass is 9.84. The van der Waals surface area contributed by atoms with E-state index in [1.54, 1.807) is 0 Å². The lowest BCUT2D eigenvalue weighted by Gasteiger charge is -2.20. The van der Waals surface area contributed by atoms with E-state index in [2.05, 4.69) is 176 Å². The number of fused-ring (bicyclic) bond motifs is 6. The highest BCUT2D eigenvalue weighted by Gasteiger charge is 2.19. The first kappa shape index (κ1) is 31.1. The summed E-state index contributed by atoms with van der Waals surface area (Å²) in [6.07, 6.45) is 6.56. The molecule has 0 aliphatic heterocycles. The number of phenolic OH excluding ortho intramolecular Hbond substituents is 1. The van der Waals surface area contributed by atoms with Crippen LogP contribution in [-0.4, -0.2) is 5.11 Å². The molecule has 0 radical (unpaired) electrons. The average molecular weight is 677 g/mol. The highest BCUT2D eigenvalue weighted by Crippen LogP contribution is 2.45. The molecule has 0 amide bonds. The first-order valence-corrected chi connectivity index (χ1v) is 18.5. The fraction of sp³-hybridized carbons (Fsp3) is 0.0385. The first-order chi connectivity index (χ1) is 26.2. The molecule has 0 spiro atoms. The second kappa shape index (κ2) is 12.8. The van der Waals surface area contributed by atoms with Crippen molar-refractivity contribution >= 4 is 38.4 Å². The molecule has 0 aromatic heterocycles. The molecule has 1 heteroatoms. The van der Waals surface area contributed by atoms with Crippen LogP contribution >= 0.6 is 0 Å². The number of aromatic hydroxyl groups is 1. The van der Waals surface area contributed by atoms with Gasteiger partial charge in [-0.15, -0.1) is 0 Å². The topological polar surface area (TPSA) is 20.2 Å². The minimum atomic E-state index is 0.273. The van der Waals surface area contributed by atoms with Gasteiger partial charge < -0.3 is 5.11 Å². The van der Waals surface area contributed by atoms with E-state index < -0.39 is 0 Å². The summed E-state index contributed by atoms with van der Waals surface area (Å²) >= 11 is 0. The maximum Gasteiger partial charge on any atom is 0.116 e. The van der Waals surface area contributed by atoms with Gasteiger partial charge in [-0.3, -0.25) is 0 Å². The summed E-state index contributed by atoms with van der Waals surface area (Å²) in [6.45, 7) is 0. The van der Waals surface area contributed by atoms with Gasteiger partial charge in [0.15, 0.2) is 0 Å². The van der Waals surface area contributed by atoms with Crippen LogP contribution < -0.4 is 0 Å². The fourth-order valence-electron chi connectivity index (χ4n) is 8.58. The third-order valence-electron chi connectivity index (χ3n) is 11.0. The number of rotatable bonds is 5. The van der Waals surface area contributed by atoms with E-state index in [0.29, 0.717) is 0 Å². The van der Waals surface area contributed by atoms with Gasteiger partial charge in [0, 0.05) is 0 Å². The van der Waals surface area contributed by atoms with Crippen molar-refractivity contribution in [3.05, 3.63) is 193 Å². The minimum Gasteiger partial charge on any atom is -0.508 e. The Bertz CT molecular complexity index is 2900. The molecule has 0 atom stereocenters. The highest BCUT2D eigenvalue weighted by atomic mass is 16.3. The fourth-order valence-corrected chi connectivity index (χ4v) is 8.58. The number of phenols is 1. The Kier molecular flexibility index (Phi) is 7.51. The minimum absolute atomic E-state index is 0.273. The number of benzene rings is 9. The molecule has 53 heavy (non-hydrogen) atoms. The van der Waals surface area contributed by atoms with Crippen LogP contribution in [0, 0.1) is 0 Å². The zero-order chi connectivity index (χ0) is 35.3. The van der Waals surface area contributed by atoms with E-state index in [0.717, 1.165) is 40.7 Å². The Morgan fingerprint density at radius 2 is 0.887 bits per heavy atom. The summed E-state index contributed by atoms with van der Waals surface area (Å²) in [4.78, 5) is 0. The van der Waals surface area contributed by atoms with Gasteiger partial charge in [-0.1, -0.05) is 152 Å². The maximum absolute atomic E-state index is 11.2. The van der Waals surface area contributed by atoms with E-state index in [-0.39, 0.29) is 5.75 Å². The van der Waals surface area contributed by atoms with Crippen LogP contribution in [0.3, 0.4) is 0 Å². The summed E-state index contributed by atoms with van der Waals surface area (Å²) in [7, 11) is 0. The van der Waals surface area contributed by atoms with Crippen molar-refractivity contribution in [2.45, 2.75) is 12.8 Å². The monoisotopic (exact) mass is 676 g/mol. The molecule has 0 heterocycles. The summed E-state index contributed by atoms with van der Waals surface area (Å²) in [5.41, 5.74) is 14.1. The molecule has 1 aliphatic carbocycles. The Morgan fingerprint density at radius 1 is 0.377 bits per heavy atom. The van der Waals surface area contributed by atoms with Gasteiger partial charge in [0.05, 0.1) is 0 Å². The third-order valence-corrected chi connectivity index (χ3v) is 11.0. The van der Waals surface area contributed by atoms with Gasteiger partial charge in [-0.2, -0.15) is 0 Å². The first-order valence-electron chi connectivity index (χ1n) is 18.5. The van der Waals surface area contributed by atoms with Gasteiger partial charge in [-0.05, 0) is 148 Å². The molecule has 1 nitrogen and oxygen atoms in total. The van der Waals surface area contributed by atoms with Crippen molar-refractivity contribution in [3.63, 3.8) is 0 Å². The summed E-state index contributed by atoms with van der Waals surface area (Å²) in [5, 5.41) is 18.7. The molecule has 10 rings (SSSR count). The van der Waals surface area contributed by atoms with Gasteiger partial charge in [0.25, 0.3) is 0 Å². The molecule has 1 aliphatic rings. The second-order valence-electron chi connectivity index (χ2n) is 14.1. The van der Waals surface area contributed by atoms with Crippen LogP contribution in [0.4, 0.5) is 0 Å². The summed E-state index contributed by atoms with van der Waals surface area (Å²) < 4.78 is 0. The van der Waals surface area contributed by atoms with Crippen LogP contribution in [0.25, 0.3) is 94.0 Å². The molecular formula is C52H36O. The van der Waals surface area contributed by atoms with Crippen molar-refractivity contribution < 1.29 is 5.11 Å². The molecule has 9 aromatic carbocycles. The van der Waals surface area contributed by atoms with E-state index in [4.69, 9.17) is 0 Å². The maximum atomic E-state index is 11.2. The molecule has 0 fully saturated rings. The van der Waals surface area contributed by atoms with Crippen LogP contribution in [0.1, 0.15) is 17.5 Å². The lowest BCUT2D eigenvalue weighted by molar-refractivity contribution is 0.476. The molecule has 1 N–H and O–H groups in total. The van der Waals surface area contributed by atoms with Gasteiger partial charge in [0.1, 0.15) is 5.75 Å². The standard InChI is InChI=1S/C52H36O/c53-42-31-40(30-41(32-42)50-33-38-16-4-5-21-43(38)44-22-6-7-25-47(44)50)37-19-12-17-35(28-37)36-18-13-20-39(29-36)52-49-27-11-9-24-46(49)45-23-8-10-26-48(45)51(52)34-14-2-1-3-15-34/h1-6,8-24,26-33,53H,7,25H2. The zero-order valence-electron chi connectivity index (χ0n) is 29.3. The Balaban J connectivity index is 1.11. The molecule has 250 valence electrons. The Labute approximate surface area is 309 Å². The summed E-state index contributed by atoms with van der Waals surface area (Å²) in [5.74, 6) is 0.273. The lowest BCUT2D eigenvalue weighted by Crippen LogP contribution is -1.99. The third kappa shape index (κ3) is 5.41. The molecule has 0 bridgehead atoms. The van der Waals surface area contributed by atoms with Crippen molar-refractivity contribution in [2.24, 2.45) is 0 Å². The molecule has 0 unspecified atom stereocenters. The number of hydrogen-bond acceptors (Lipinski definition) is 1. The van der Waals surface area contributed by atoms with Gasteiger partial charge >= 0.3 is 0 Å². The summed E-state index contributed by atoms with van der Waals surface area (Å²) in [6, 6.07) is 63.0. The highest BCUT2D eigenvalue weighted by molar-refractivity contribution is 6.21. The van der Waals surface area contributed by atoms with Gasteiger partial charge in [-0.25, -0.2) is 0 Å². The SMILES string of the molecule is Oc1cc(-c2cccc(-c3cccc(-c4c(-c5ccccc5)c5ccccc5c5ccccc45)c3)c2)cc(-c2cc3ccccc3c3c2CCC=C3)c1. The predicted molar refractivity (Wildman–Crippen MR) is 225 cm³/mol. The predicted octanol–water partition coefficient (Wildman–Crippen LogP) is 14.1. The second-order valence-corrected chi connectivity index (χ2v) is 14.1. The van der Waals surface area contributed by atoms with E-state index >= 15 is 0 Å². The van der Waals surface area contributed by atoms with Crippen LogP contribution in [0.15, 0.2) is 182 Å². The molecule has 0 saturated heterocycles.